The second kappa shape index (κ2) is 10.5. The molecule has 3 heterocycles. The number of ether oxygens (including phenoxy) is 1. The molecule has 1 aromatic carbocycles. The third-order valence-corrected chi connectivity index (χ3v) is 6.15. The number of hydrogen-bond acceptors (Lipinski definition) is 7. The highest BCUT2D eigenvalue weighted by atomic mass is 16.5. The smallest absolute Gasteiger partial charge is 0.310 e. The number of benzene rings is 1. The molecule has 2 aliphatic heterocycles. The van der Waals surface area contributed by atoms with Gasteiger partial charge in [-0.3, -0.25) is 24.2 Å². The van der Waals surface area contributed by atoms with Crippen LogP contribution in [0.2, 0.25) is 0 Å². The van der Waals surface area contributed by atoms with Crippen LogP contribution >= 0.6 is 0 Å². The number of aromatic nitrogens is 2. The van der Waals surface area contributed by atoms with Crippen molar-refractivity contribution in [3.63, 3.8) is 0 Å². The van der Waals surface area contributed by atoms with Crippen molar-refractivity contribution in [3.05, 3.63) is 51.8 Å². The van der Waals surface area contributed by atoms with Crippen LogP contribution < -0.4 is 21.1 Å². The van der Waals surface area contributed by atoms with Gasteiger partial charge >= 0.3 is 5.97 Å². The lowest BCUT2D eigenvalue weighted by Gasteiger charge is -2.32. The Balaban J connectivity index is 1.50. The molecule has 0 spiro atoms. The monoisotopic (exact) mass is 467 g/mol. The number of carbonyl (C=O) groups excluding carboxylic acids is 3. The SMILES string of the molecule is CCOC(=O)[C@@H]1CCCN(c2nc3c(c(=O)[nH]2)[C@H](C(=O)NCCc2ccccc2)CC(=O)N3)C1. The number of nitrogens with zero attached hydrogens (tertiary/aromatic N) is 2. The van der Waals surface area contributed by atoms with Gasteiger partial charge < -0.3 is 20.3 Å². The number of H-pyrrole nitrogens is 1. The highest BCUT2D eigenvalue weighted by Crippen LogP contribution is 2.30. The van der Waals surface area contributed by atoms with Gasteiger partial charge in [0.05, 0.1) is 24.0 Å². The largest absolute Gasteiger partial charge is 0.466 e. The van der Waals surface area contributed by atoms with Crippen molar-refractivity contribution < 1.29 is 19.1 Å². The Kier molecular flexibility index (Phi) is 7.24. The number of esters is 1. The summed E-state index contributed by atoms with van der Waals surface area (Å²) in [5.41, 5.74) is 0.761. The molecule has 10 heteroatoms. The van der Waals surface area contributed by atoms with Gasteiger partial charge in [0.1, 0.15) is 5.82 Å². The van der Waals surface area contributed by atoms with E-state index in [4.69, 9.17) is 4.74 Å². The summed E-state index contributed by atoms with van der Waals surface area (Å²) < 4.78 is 5.14. The Morgan fingerprint density at radius 2 is 2.03 bits per heavy atom. The molecule has 0 radical (unpaired) electrons. The van der Waals surface area contributed by atoms with E-state index in [0.717, 1.165) is 12.0 Å². The van der Waals surface area contributed by atoms with Crippen LogP contribution in [0.1, 0.15) is 43.2 Å². The van der Waals surface area contributed by atoms with E-state index in [-0.39, 0.29) is 47.5 Å². The van der Waals surface area contributed by atoms with Gasteiger partial charge in [-0.05, 0) is 31.7 Å². The van der Waals surface area contributed by atoms with Gasteiger partial charge in [0.2, 0.25) is 17.8 Å². The van der Waals surface area contributed by atoms with Crippen LogP contribution in [0.25, 0.3) is 0 Å². The van der Waals surface area contributed by atoms with Crippen LogP contribution in [0.5, 0.6) is 0 Å². The Morgan fingerprint density at radius 1 is 1.24 bits per heavy atom. The van der Waals surface area contributed by atoms with Crippen molar-refractivity contribution in [1.29, 1.82) is 0 Å². The first-order valence-electron chi connectivity index (χ1n) is 11.6. The van der Waals surface area contributed by atoms with Crippen LogP contribution in [-0.4, -0.2) is 54.0 Å². The number of fused-ring (bicyclic) bond motifs is 1. The first-order valence-corrected chi connectivity index (χ1v) is 11.6. The summed E-state index contributed by atoms with van der Waals surface area (Å²) in [6.45, 7) is 3.43. The van der Waals surface area contributed by atoms with Gasteiger partial charge in [0.15, 0.2) is 0 Å². The summed E-state index contributed by atoms with van der Waals surface area (Å²) in [5, 5.41) is 5.47. The molecule has 0 unspecified atom stereocenters. The number of hydrogen-bond donors (Lipinski definition) is 3. The van der Waals surface area contributed by atoms with Crippen LogP contribution in [-0.2, 0) is 25.5 Å². The van der Waals surface area contributed by atoms with Crippen LogP contribution in [0.4, 0.5) is 11.8 Å². The summed E-state index contributed by atoms with van der Waals surface area (Å²) >= 11 is 0. The molecule has 3 N–H and O–H groups in total. The molecule has 2 amide bonds. The number of carbonyl (C=O) groups is 3. The van der Waals surface area contributed by atoms with Gasteiger partial charge in [-0.2, -0.15) is 4.98 Å². The molecule has 180 valence electrons. The molecule has 1 aromatic heterocycles. The minimum atomic E-state index is -0.918. The first kappa shape index (κ1) is 23.5. The second-order valence-electron chi connectivity index (χ2n) is 8.52. The van der Waals surface area contributed by atoms with E-state index in [0.29, 0.717) is 39.1 Å². The number of amides is 2. The summed E-state index contributed by atoms with van der Waals surface area (Å²) in [6, 6.07) is 9.73. The maximum Gasteiger partial charge on any atom is 0.310 e. The zero-order valence-electron chi connectivity index (χ0n) is 19.1. The number of rotatable bonds is 7. The average molecular weight is 468 g/mol. The third kappa shape index (κ3) is 5.27. The second-order valence-corrected chi connectivity index (χ2v) is 8.52. The van der Waals surface area contributed by atoms with E-state index in [1.54, 1.807) is 6.92 Å². The van der Waals surface area contributed by atoms with Gasteiger partial charge in [0.25, 0.3) is 5.56 Å². The molecule has 2 atom stereocenters. The van der Waals surface area contributed by atoms with Crippen molar-refractivity contribution in [2.75, 3.05) is 36.5 Å². The van der Waals surface area contributed by atoms with Crippen molar-refractivity contribution in [2.24, 2.45) is 5.92 Å². The van der Waals surface area contributed by atoms with E-state index in [1.807, 2.05) is 35.2 Å². The molecule has 0 saturated carbocycles. The minimum Gasteiger partial charge on any atom is -0.466 e. The topological polar surface area (TPSA) is 133 Å². The maximum atomic E-state index is 13.0. The molecule has 2 aromatic rings. The van der Waals surface area contributed by atoms with Crippen molar-refractivity contribution in [3.8, 4) is 0 Å². The van der Waals surface area contributed by atoms with Gasteiger partial charge in [-0.15, -0.1) is 0 Å². The Bertz CT molecular complexity index is 1120. The Hall–Kier alpha value is -3.69. The summed E-state index contributed by atoms with van der Waals surface area (Å²) in [6.07, 6.45) is 1.96. The predicted octanol–water partition coefficient (Wildman–Crippen LogP) is 1.33. The Labute approximate surface area is 197 Å². The van der Waals surface area contributed by atoms with Gasteiger partial charge in [-0.25, -0.2) is 0 Å². The van der Waals surface area contributed by atoms with Crippen molar-refractivity contribution in [2.45, 2.75) is 38.5 Å². The lowest BCUT2D eigenvalue weighted by molar-refractivity contribution is -0.148. The molecule has 10 nitrogen and oxygen atoms in total. The van der Waals surface area contributed by atoms with Crippen LogP contribution in [0, 0.1) is 5.92 Å². The average Bonchev–Trinajstić information content (AvgIpc) is 2.84. The lowest BCUT2D eigenvalue weighted by Crippen LogP contribution is -2.43. The van der Waals surface area contributed by atoms with Crippen molar-refractivity contribution >= 4 is 29.5 Å². The number of anilines is 2. The molecule has 0 aliphatic carbocycles. The lowest BCUT2D eigenvalue weighted by atomic mass is 9.92. The molecule has 1 saturated heterocycles. The number of nitrogens with one attached hydrogen (secondary N) is 3. The highest BCUT2D eigenvalue weighted by molar-refractivity contribution is 6.00. The van der Waals surface area contributed by atoms with E-state index in [1.165, 1.54) is 0 Å². The summed E-state index contributed by atoms with van der Waals surface area (Å²) in [7, 11) is 0. The fourth-order valence-electron chi connectivity index (χ4n) is 4.45. The maximum absolute atomic E-state index is 13.0. The molecule has 0 bridgehead atoms. The van der Waals surface area contributed by atoms with E-state index >= 15 is 0 Å². The molecular weight excluding hydrogens is 438 g/mol. The first-order chi connectivity index (χ1) is 16.5. The predicted molar refractivity (Wildman–Crippen MR) is 126 cm³/mol. The molecule has 1 fully saturated rings. The van der Waals surface area contributed by atoms with E-state index in [9.17, 15) is 19.2 Å². The van der Waals surface area contributed by atoms with Crippen LogP contribution in [0.15, 0.2) is 35.1 Å². The molecule has 2 aliphatic rings. The quantitative estimate of drug-likeness (QED) is 0.523. The molecule has 34 heavy (non-hydrogen) atoms. The van der Waals surface area contributed by atoms with Gasteiger partial charge in [0, 0.05) is 26.1 Å². The molecular formula is C24H29N5O5. The van der Waals surface area contributed by atoms with E-state index < -0.39 is 11.5 Å². The number of piperidine rings is 1. The minimum absolute atomic E-state index is 0.0940. The summed E-state index contributed by atoms with van der Waals surface area (Å²) in [4.78, 5) is 59.4. The zero-order valence-corrected chi connectivity index (χ0v) is 19.1. The fourth-order valence-corrected chi connectivity index (χ4v) is 4.45. The zero-order chi connectivity index (χ0) is 24.1. The standard InChI is InChI=1S/C24H29N5O5/c1-2-34-23(33)16-9-6-12-29(14-16)24-27-20-19(22(32)28-24)17(13-18(30)26-20)21(31)25-11-10-15-7-4-3-5-8-15/h3-5,7-8,16-17H,2,6,9-14H2,1H3,(H,25,31)(H2,26,27,28,30,32)/t16-,17-/m1/s1. The fraction of sp³-hybridized carbons (Fsp3) is 0.458. The molecule has 4 rings (SSSR count). The van der Waals surface area contributed by atoms with Crippen molar-refractivity contribution in [1.82, 2.24) is 15.3 Å². The number of aromatic amines is 1. The normalized spacial score (nSPS) is 19.7. The third-order valence-electron chi connectivity index (χ3n) is 6.15. The van der Waals surface area contributed by atoms with Gasteiger partial charge in [-0.1, -0.05) is 30.3 Å². The highest BCUT2D eigenvalue weighted by Gasteiger charge is 2.36. The Morgan fingerprint density at radius 3 is 2.79 bits per heavy atom. The summed E-state index contributed by atoms with van der Waals surface area (Å²) in [5.74, 6) is -1.89. The van der Waals surface area contributed by atoms with Crippen LogP contribution in [0.3, 0.4) is 0 Å². The van der Waals surface area contributed by atoms with E-state index in [2.05, 4.69) is 20.6 Å².